The molecular weight excluding hydrogens is 326 g/mol. The van der Waals surface area contributed by atoms with Gasteiger partial charge in [0.15, 0.2) is 0 Å². The molecule has 0 aliphatic rings. The van der Waals surface area contributed by atoms with Crippen molar-refractivity contribution in [3.05, 3.63) is 84.4 Å². The largest absolute Gasteiger partial charge is 0.492 e. The highest BCUT2D eigenvalue weighted by Crippen LogP contribution is 2.18. The number of nitrogens with zero attached hydrogens (tertiary/aromatic N) is 3. The second-order valence-corrected chi connectivity index (χ2v) is 5.88. The Kier molecular flexibility index (Phi) is 4.78. The summed E-state index contributed by atoms with van der Waals surface area (Å²) in [6.07, 6.45) is 0. The molecule has 26 heavy (non-hydrogen) atoms. The third-order valence-electron chi connectivity index (χ3n) is 3.96. The SMILES string of the molecule is c1ccc(COc2ccc(OCCn3nc4ccccc4n3)cc2)cc1. The van der Waals surface area contributed by atoms with Crippen LogP contribution in [0.15, 0.2) is 78.9 Å². The Hall–Kier alpha value is -3.34. The molecule has 0 amide bonds. The molecule has 0 unspecified atom stereocenters. The molecule has 0 spiro atoms. The number of hydrogen-bond donors (Lipinski definition) is 0. The summed E-state index contributed by atoms with van der Waals surface area (Å²) in [5.74, 6) is 1.62. The predicted molar refractivity (Wildman–Crippen MR) is 100 cm³/mol. The number of ether oxygens (including phenoxy) is 2. The standard InChI is InChI=1S/C21H19N3O2/c1-2-6-17(7-3-1)16-26-19-12-10-18(11-13-19)25-15-14-24-22-20-8-4-5-9-21(20)23-24/h1-13H,14-16H2. The van der Waals surface area contributed by atoms with E-state index in [0.29, 0.717) is 19.8 Å². The molecule has 5 nitrogen and oxygen atoms in total. The molecule has 0 aliphatic carbocycles. The first-order valence-corrected chi connectivity index (χ1v) is 8.56. The van der Waals surface area contributed by atoms with Crippen molar-refractivity contribution in [3.63, 3.8) is 0 Å². The first kappa shape index (κ1) is 16.1. The highest BCUT2D eigenvalue weighted by atomic mass is 16.5. The van der Waals surface area contributed by atoms with Crippen LogP contribution >= 0.6 is 0 Å². The lowest BCUT2D eigenvalue weighted by molar-refractivity contribution is 0.280. The van der Waals surface area contributed by atoms with Crippen LogP contribution < -0.4 is 9.47 Å². The molecule has 4 aromatic rings. The van der Waals surface area contributed by atoms with Crippen molar-refractivity contribution < 1.29 is 9.47 Å². The van der Waals surface area contributed by atoms with Gasteiger partial charge in [0.1, 0.15) is 35.7 Å². The van der Waals surface area contributed by atoms with Gasteiger partial charge in [-0.15, -0.1) is 0 Å². The second kappa shape index (κ2) is 7.70. The Morgan fingerprint density at radius 2 is 1.23 bits per heavy atom. The van der Waals surface area contributed by atoms with Crippen molar-refractivity contribution in [1.82, 2.24) is 15.0 Å². The Bertz CT molecular complexity index is 932. The maximum Gasteiger partial charge on any atom is 0.120 e. The summed E-state index contributed by atoms with van der Waals surface area (Å²) in [4.78, 5) is 1.67. The maximum absolute atomic E-state index is 5.77. The maximum atomic E-state index is 5.77. The lowest BCUT2D eigenvalue weighted by atomic mass is 10.2. The predicted octanol–water partition coefficient (Wildman–Crippen LogP) is 4.09. The number of rotatable bonds is 7. The summed E-state index contributed by atoms with van der Waals surface area (Å²) in [7, 11) is 0. The minimum absolute atomic E-state index is 0.505. The van der Waals surface area contributed by atoms with Gasteiger partial charge in [-0.05, 0) is 42.0 Å². The van der Waals surface area contributed by atoms with Crippen molar-refractivity contribution in [3.8, 4) is 11.5 Å². The molecule has 0 atom stereocenters. The number of aromatic nitrogens is 3. The van der Waals surface area contributed by atoms with Crippen molar-refractivity contribution in [2.24, 2.45) is 0 Å². The molecule has 1 aromatic heterocycles. The van der Waals surface area contributed by atoms with E-state index in [-0.39, 0.29) is 0 Å². The molecule has 0 saturated heterocycles. The van der Waals surface area contributed by atoms with Gasteiger partial charge in [0, 0.05) is 0 Å². The van der Waals surface area contributed by atoms with Gasteiger partial charge in [0.05, 0.1) is 6.54 Å². The van der Waals surface area contributed by atoms with Gasteiger partial charge in [-0.1, -0.05) is 42.5 Å². The zero-order chi connectivity index (χ0) is 17.6. The highest BCUT2D eigenvalue weighted by Gasteiger charge is 2.02. The average molecular weight is 345 g/mol. The van der Waals surface area contributed by atoms with E-state index in [1.807, 2.05) is 78.9 Å². The minimum atomic E-state index is 0.505. The topological polar surface area (TPSA) is 49.2 Å². The van der Waals surface area contributed by atoms with Crippen LogP contribution in [0.2, 0.25) is 0 Å². The summed E-state index contributed by atoms with van der Waals surface area (Å²) in [6.45, 7) is 1.66. The fourth-order valence-corrected chi connectivity index (χ4v) is 2.62. The van der Waals surface area contributed by atoms with E-state index in [0.717, 1.165) is 28.1 Å². The highest BCUT2D eigenvalue weighted by molar-refractivity contribution is 5.72. The number of fused-ring (bicyclic) bond motifs is 1. The molecule has 0 saturated carbocycles. The number of benzene rings is 3. The van der Waals surface area contributed by atoms with Gasteiger partial charge >= 0.3 is 0 Å². The quantitative estimate of drug-likeness (QED) is 0.506. The molecule has 4 rings (SSSR count). The Labute approximate surface area is 151 Å². The minimum Gasteiger partial charge on any atom is -0.492 e. The van der Waals surface area contributed by atoms with E-state index < -0.39 is 0 Å². The Balaban J connectivity index is 1.27. The van der Waals surface area contributed by atoms with E-state index in [9.17, 15) is 0 Å². The van der Waals surface area contributed by atoms with Crippen molar-refractivity contribution in [2.75, 3.05) is 6.61 Å². The summed E-state index contributed by atoms with van der Waals surface area (Å²) in [6, 6.07) is 25.6. The van der Waals surface area contributed by atoms with E-state index >= 15 is 0 Å². The van der Waals surface area contributed by atoms with Gasteiger partial charge in [-0.25, -0.2) is 0 Å². The van der Waals surface area contributed by atoms with Crippen LogP contribution in [0.25, 0.3) is 11.0 Å². The van der Waals surface area contributed by atoms with E-state index in [1.165, 1.54) is 0 Å². The van der Waals surface area contributed by atoms with Gasteiger partial charge in [0.2, 0.25) is 0 Å². The molecule has 0 N–H and O–H groups in total. The van der Waals surface area contributed by atoms with Crippen LogP contribution in [-0.2, 0) is 13.2 Å². The summed E-state index contributed by atoms with van der Waals surface area (Å²) in [5.41, 5.74) is 2.94. The van der Waals surface area contributed by atoms with Crippen LogP contribution in [0, 0.1) is 0 Å². The zero-order valence-electron chi connectivity index (χ0n) is 14.3. The third kappa shape index (κ3) is 4.00. The average Bonchev–Trinajstić information content (AvgIpc) is 3.11. The Morgan fingerprint density at radius 3 is 1.88 bits per heavy atom. The van der Waals surface area contributed by atoms with E-state index in [2.05, 4.69) is 10.2 Å². The Morgan fingerprint density at radius 1 is 0.654 bits per heavy atom. The smallest absolute Gasteiger partial charge is 0.120 e. The van der Waals surface area contributed by atoms with Crippen molar-refractivity contribution in [1.29, 1.82) is 0 Å². The summed E-state index contributed by atoms with van der Waals surface area (Å²) >= 11 is 0. The molecule has 130 valence electrons. The van der Waals surface area contributed by atoms with E-state index in [1.54, 1.807) is 4.80 Å². The lowest BCUT2D eigenvalue weighted by Crippen LogP contribution is -2.10. The van der Waals surface area contributed by atoms with Crippen LogP contribution in [0.4, 0.5) is 0 Å². The lowest BCUT2D eigenvalue weighted by Gasteiger charge is -2.08. The first-order valence-electron chi connectivity index (χ1n) is 8.56. The molecule has 0 radical (unpaired) electrons. The summed E-state index contributed by atoms with van der Waals surface area (Å²) in [5, 5.41) is 8.83. The molecule has 1 heterocycles. The molecule has 5 heteroatoms. The normalized spacial score (nSPS) is 10.8. The zero-order valence-corrected chi connectivity index (χ0v) is 14.3. The molecular formula is C21H19N3O2. The van der Waals surface area contributed by atoms with Gasteiger partial charge < -0.3 is 9.47 Å². The molecule has 3 aromatic carbocycles. The van der Waals surface area contributed by atoms with E-state index in [4.69, 9.17) is 9.47 Å². The number of hydrogen-bond acceptors (Lipinski definition) is 4. The molecule has 0 bridgehead atoms. The van der Waals surface area contributed by atoms with Crippen molar-refractivity contribution in [2.45, 2.75) is 13.2 Å². The van der Waals surface area contributed by atoms with Crippen LogP contribution in [0.1, 0.15) is 5.56 Å². The van der Waals surface area contributed by atoms with Gasteiger partial charge in [-0.2, -0.15) is 15.0 Å². The van der Waals surface area contributed by atoms with Crippen LogP contribution in [0.3, 0.4) is 0 Å². The first-order chi connectivity index (χ1) is 12.9. The van der Waals surface area contributed by atoms with Crippen LogP contribution in [-0.4, -0.2) is 21.6 Å². The fraction of sp³-hybridized carbons (Fsp3) is 0.143. The molecule has 0 aliphatic heterocycles. The third-order valence-corrected chi connectivity index (χ3v) is 3.96. The molecule has 0 fully saturated rings. The van der Waals surface area contributed by atoms with Crippen LogP contribution in [0.5, 0.6) is 11.5 Å². The fourth-order valence-electron chi connectivity index (χ4n) is 2.62. The summed E-state index contributed by atoms with van der Waals surface area (Å²) < 4.78 is 11.5. The van der Waals surface area contributed by atoms with Gasteiger partial charge in [-0.3, -0.25) is 0 Å². The monoisotopic (exact) mass is 345 g/mol. The second-order valence-electron chi connectivity index (χ2n) is 5.88. The van der Waals surface area contributed by atoms with Gasteiger partial charge in [0.25, 0.3) is 0 Å². The van der Waals surface area contributed by atoms with Crippen molar-refractivity contribution >= 4 is 11.0 Å².